The Hall–Kier alpha value is -4.45. The summed E-state index contributed by atoms with van der Waals surface area (Å²) in [5, 5.41) is 0. The standard InChI is InChI=1S/C57H88O6/c1-4-7-10-13-16-19-21-23-24-25-26-27-28-29-30-31-32-34-35-38-41-44-47-50-56(59)62-53-54(52-61-55(58)49-46-43-40-37-18-15-12-9-6-3)63-57(60)51-48-45-42-39-36-33-22-20-17-14-11-8-5-2/h7-8,10-11,16-17,19-20,23-24,26-27,29-30,32-34,36,38,41-42,45,54H,4-6,9,12-15,18,21-22,25,28,31,35,37,39-40,43-44,46-53H2,1-3H3/b10-7-,11-8-,19-16-,20-17-,24-23-,27-26-,30-29-,34-32-,36-33-,41-38-,45-42-. The molecule has 0 aromatic rings. The lowest BCUT2D eigenvalue weighted by Crippen LogP contribution is -2.30. The summed E-state index contributed by atoms with van der Waals surface area (Å²) >= 11 is 0. The normalized spacial score (nSPS) is 13.3. The van der Waals surface area contributed by atoms with Gasteiger partial charge in [0.1, 0.15) is 13.2 Å². The Morgan fingerprint density at radius 2 is 0.651 bits per heavy atom. The molecule has 0 saturated heterocycles. The highest BCUT2D eigenvalue weighted by Crippen LogP contribution is 2.12. The van der Waals surface area contributed by atoms with Crippen LogP contribution in [0.1, 0.15) is 188 Å². The van der Waals surface area contributed by atoms with Crippen LogP contribution in [0, 0.1) is 0 Å². The zero-order valence-electron chi connectivity index (χ0n) is 40.0. The van der Waals surface area contributed by atoms with Gasteiger partial charge in [0.2, 0.25) is 0 Å². The molecular formula is C57H88O6. The van der Waals surface area contributed by atoms with Crippen molar-refractivity contribution in [1.29, 1.82) is 0 Å². The highest BCUT2D eigenvalue weighted by atomic mass is 16.6. The molecule has 0 bridgehead atoms. The number of carbonyl (C=O) groups is 3. The largest absolute Gasteiger partial charge is 0.462 e. The number of carbonyl (C=O) groups excluding carboxylic acids is 3. The smallest absolute Gasteiger partial charge is 0.306 e. The predicted octanol–water partition coefficient (Wildman–Crippen LogP) is 16.3. The summed E-state index contributed by atoms with van der Waals surface area (Å²) in [6.45, 7) is 6.24. The van der Waals surface area contributed by atoms with Gasteiger partial charge in [0.15, 0.2) is 6.10 Å². The first-order valence-electron chi connectivity index (χ1n) is 24.7. The Morgan fingerprint density at radius 1 is 0.333 bits per heavy atom. The Bertz CT molecular complexity index is 1420. The molecule has 0 heterocycles. The summed E-state index contributed by atoms with van der Waals surface area (Å²) < 4.78 is 16.6. The van der Waals surface area contributed by atoms with Crippen LogP contribution in [-0.2, 0) is 28.6 Å². The van der Waals surface area contributed by atoms with Crippen LogP contribution < -0.4 is 0 Å². The number of hydrogen-bond acceptors (Lipinski definition) is 6. The molecule has 0 aliphatic carbocycles. The Morgan fingerprint density at radius 3 is 1.03 bits per heavy atom. The Kier molecular flexibility index (Phi) is 46.7. The molecule has 0 aliphatic heterocycles. The molecule has 0 fully saturated rings. The van der Waals surface area contributed by atoms with Crippen LogP contribution in [0.2, 0.25) is 0 Å². The third-order valence-corrected chi connectivity index (χ3v) is 9.66. The fourth-order valence-electron chi connectivity index (χ4n) is 6.03. The number of hydrogen-bond donors (Lipinski definition) is 0. The lowest BCUT2D eigenvalue weighted by atomic mass is 10.1. The summed E-state index contributed by atoms with van der Waals surface area (Å²) in [4.78, 5) is 37.7. The quantitative estimate of drug-likeness (QED) is 0.0263. The van der Waals surface area contributed by atoms with Crippen LogP contribution in [0.4, 0.5) is 0 Å². The average Bonchev–Trinajstić information content (AvgIpc) is 3.28. The van der Waals surface area contributed by atoms with E-state index >= 15 is 0 Å². The van der Waals surface area contributed by atoms with E-state index in [1.807, 2.05) is 12.2 Å². The molecule has 352 valence electrons. The summed E-state index contributed by atoms with van der Waals surface area (Å²) in [6, 6.07) is 0. The van der Waals surface area contributed by atoms with E-state index in [0.717, 1.165) is 96.3 Å². The zero-order valence-corrected chi connectivity index (χ0v) is 40.0. The maximum absolute atomic E-state index is 12.7. The van der Waals surface area contributed by atoms with Crippen molar-refractivity contribution in [2.45, 2.75) is 194 Å². The van der Waals surface area contributed by atoms with Crippen LogP contribution in [0.25, 0.3) is 0 Å². The molecule has 6 nitrogen and oxygen atoms in total. The maximum Gasteiger partial charge on any atom is 0.306 e. The molecule has 0 saturated carbocycles. The van der Waals surface area contributed by atoms with Gasteiger partial charge in [-0.1, -0.05) is 206 Å². The SMILES string of the molecule is CC/C=C\C/C=C\C/C=C\C/C=C\C/C=C\C/C=C\C/C=C\CCCC(=O)OCC(COC(=O)CCCCCCCCCCC)OC(=O)CC/C=C\C/C=C\C/C=C\C/C=C\CC. The number of allylic oxidation sites excluding steroid dienone is 22. The van der Waals surface area contributed by atoms with E-state index in [1.54, 1.807) is 0 Å². The van der Waals surface area contributed by atoms with E-state index in [-0.39, 0.29) is 38.0 Å². The summed E-state index contributed by atoms with van der Waals surface area (Å²) in [5.74, 6) is -1.09. The van der Waals surface area contributed by atoms with Gasteiger partial charge in [0, 0.05) is 19.3 Å². The fourth-order valence-corrected chi connectivity index (χ4v) is 6.03. The molecular weight excluding hydrogens is 781 g/mol. The van der Waals surface area contributed by atoms with Gasteiger partial charge in [-0.05, 0) is 96.3 Å². The molecule has 1 atom stereocenters. The summed E-state index contributed by atoms with van der Waals surface area (Å²) in [7, 11) is 0. The summed E-state index contributed by atoms with van der Waals surface area (Å²) in [5.41, 5.74) is 0. The lowest BCUT2D eigenvalue weighted by Gasteiger charge is -2.18. The first kappa shape index (κ1) is 58.6. The van der Waals surface area contributed by atoms with Crippen molar-refractivity contribution in [2.75, 3.05) is 13.2 Å². The highest BCUT2D eigenvalue weighted by molar-refractivity contribution is 5.71. The molecule has 0 amide bonds. The van der Waals surface area contributed by atoms with Crippen LogP contribution in [0.5, 0.6) is 0 Å². The first-order chi connectivity index (χ1) is 31.0. The van der Waals surface area contributed by atoms with Gasteiger partial charge < -0.3 is 14.2 Å². The van der Waals surface area contributed by atoms with Gasteiger partial charge in [0.05, 0.1) is 0 Å². The maximum atomic E-state index is 12.7. The van der Waals surface area contributed by atoms with Gasteiger partial charge >= 0.3 is 17.9 Å². The second kappa shape index (κ2) is 50.2. The second-order valence-electron chi connectivity index (χ2n) is 15.6. The van der Waals surface area contributed by atoms with Gasteiger partial charge in [-0.2, -0.15) is 0 Å². The number of ether oxygens (including phenoxy) is 3. The Labute approximate surface area is 385 Å². The first-order valence-corrected chi connectivity index (χ1v) is 24.7. The van der Waals surface area contributed by atoms with Gasteiger partial charge in [-0.3, -0.25) is 14.4 Å². The topological polar surface area (TPSA) is 78.9 Å². The van der Waals surface area contributed by atoms with E-state index < -0.39 is 12.1 Å². The van der Waals surface area contributed by atoms with E-state index in [2.05, 4.69) is 142 Å². The lowest BCUT2D eigenvalue weighted by molar-refractivity contribution is -0.166. The molecule has 6 heteroatoms. The van der Waals surface area contributed by atoms with Crippen LogP contribution in [-0.4, -0.2) is 37.2 Å². The predicted molar refractivity (Wildman–Crippen MR) is 269 cm³/mol. The van der Waals surface area contributed by atoms with Gasteiger partial charge in [0.25, 0.3) is 0 Å². The van der Waals surface area contributed by atoms with Crippen molar-refractivity contribution in [1.82, 2.24) is 0 Å². The van der Waals surface area contributed by atoms with Crippen LogP contribution in [0.15, 0.2) is 134 Å². The molecule has 0 aromatic heterocycles. The molecule has 0 radical (unpaired) electrons. The monoisotopic (exact) mass is 869 g/mol. The molecule has 0 spiro atoms. The number of esters is 3. The Balaban J connectivity index is 4.51. The van der Waals surface area contributed by atoms with Crippen LogP contribution >= 0.6 is 0 Å². The minimum Gasteiger partial charge on any atom is -0.462 e. The highest BCUT2D eigenvalue weighted by Gasteiger charge is 2.19. The molecule has 0 N–H and O–H groups in total. The second-order valence-corrected chi connectivity index (χ2v) is 15.6. The molecule has 63 heavy (non-hydrogen) atoms. The van der Waals surface area contributed by atoms with Crippen LogP contribution in [0.3, 0.4) is 0 Å². The van der Waals surface area contributed by atoms with Gasteiger partial charge in [-0.15, -0.1) is 0 Å². The van der Waals surface area contributed by atoms with E-state index in [4.69, 9.17) is 14.2 Å². The fraction of sp³-hybridized carbons (Fsp3) is 0.561. The van der Waals surface area contributed by atoms with Crippen molar-refractivity contribution in [2.24, 2.45) is 0 Å². The number of unbranched alkanes of at least 4 members (excludes halogenated alkanes) is 9. The number of rotatable bonds is 42. The average molecular weight is 869 g/mol. The molecule has 1 unspecified atom stereocenters. The molecule has 0 aromatic carbocycles. The van der Waals surface area contributed by atoms with Crippen molar-refractivity contribution in [3.05, 3.63) is 134 Å². The van der Waals surface area contributed by atoms with Gasteiger partial charge in [-0.25, -0.2) is 0 Å². The third-order valence-electron chi connectivity index (χ3n) is 9.66. The third kappa shape index (κ3) is 48.4. The zero-order chi connectivity index (χ0) is 45.8. The minimum atomic E-state index is -0.841. The van der Waals surface area contributed by atoms with E-state index in [1.165, 1.54) is 38.5 Å². The van der Waals surface area contributed by atoms with Crippen molar-refractivity contribution < 1.29 is 28.6 Å². The van der Waals surface area contributed by atoms with E-state index in [0.29, 0.717) is 19.3 Å². The van der Waals surface area contributed by atoms with Crippen molar-refractivity contribution in [3.63, 3.8) is 0 Å². The molecule has 0 aliphatic rings. The summed E-state index contributed by atoms with van der Waals surface area (Å²) in [6.07, 6.45) is 70.3. The van der Waals surface area contributed by atoms with E-state index in [9.17, 15) is 14.4 Å². The molecule has 0 rings (SSSR count). The van der Waals surface area contributed by atoms with Crippen molar-refractivity contribution in [3.8, 4) is 0 Å². The minimum absolute atomic E-state index is 0.128. The van der Waals surface area contributed by atoms with Crippen molar-refractivity contribution >= 4 is 17.9 Å².